The van der Waals surface area contributed by atoms with Crippen LogP contribution in [0.2, 0.25) is 10.0 Å². The van der Waals surface area contributed by atoms with Gasteiger partial charge in [0.1, 0.15) is 11.8 Å². The monoisotopic (exact) mass is 356 g/mol. The van der Waals surface area contributed by atoms with Gasteiger partial charge in [-0.1, -0.05) is 23.2 Å². The van der Waals surface area contributed by atoms with Gasteiger partial charge in [0.25, 0.3) is 5.91 Å². The number of rotatable bonds is 5. The Labute approximate surface area is 144 Å². The summed E-state index contributed by atoms with van der Waals surface area (Å²) in [7, 11) is 0. The first-order chi connectivity index (χ1) is 11.0. The quantitative estimate of drug-likeness (QED) is 0.882. The molecule has 1 N–H and O–H groups in total. The molecule has 1 saturated heterocycles. The van der Waals surface area contributed by atoms with Gasteiger partial charge in [-0.25, -0.2) is 0 Å². The number of benzene rings is 1. The van der Waals surface area contributed by atoms with Gasteiger partial charge in [0, 0.05) is 23.7 Å². The molecule has 2 amide bonds. The molecule has 1 aromatic rings. The molecule has 0 spiro atoms. The highest BCUT2D eigenvalue weighted by Gasteiger charge is 2.36. The Bertz CT molecular complexity index is 619. The average molecular weight is 357 g/mol. The van der Waals surface area contributed by atoms with Gasteiger partial charge in [-0.15, -0.1) is 0 Å². The summed E-state index contributed by atoms with van der Waals surface area (Å²) in [6.07, 6.45) is 3.58. The minimum absolute atomic E-state index is 0.0564. The van der Waals surface area contributed by atoms with Crippen LogP contribution in [0.3, 0.4) is 0 Å². The van der Waals surface area contributed by atoms with Crippen LogP contribution in [0.5, 0.6) is 5.75 Å². The number of hydrogen-bond acceptors (Lipinski definition) is 3. The number of nitrogens with one attached hydrogen (secondary N) is 1. The van der Waals surface area contributed by atoms with Crippen LogP contribution < -0.4 is 10.1 Å². The second-order valence-corrected chi connectivity index (χ2v) is 6.74. The Balaban J connectivity index is 1.58. The van der Waals surface area contributed by atoms with Crippen molar-refractivity contribution in [1.29, 1.82) is 0 Å². The molecule has 2 fully saturated rings. The Kier molecular flexibility index (Phi) is 4.97. The van der Waals surface area contributed by atoms with Gasteiger partial charge in [0.2, 0.25) is 5.91 Å². The van der Waals surface area contributed by atoms with E-state index in [-0.39, 0.29) is 24.5 Å². The molecule has 23 heavy (non-hydrogen) atoms. The van der Waals surface area contributed by atoms with Crippen LogP contribution in [0.1, 0.15) is 25.7 Å². The highest BCUT2D eigenvalue weighted by atomic mass is 35.5. The normalized spacial score (nSPS) is 20.4. The highest BCUT2D eigenvalue weighted by Crippen LogP contribution is 2.28. The van der Waals surface area contributed by atoms with Crippen LogP contribution in [0.25, 0.3) is 0 Å². The standard InChI is InChI=1S/C16H18Cl2N2O3/c17-10-3-6-12(18)14(8-10)23-9-15(21)20-7-1-2-13(20)16(22)19-11-4-5-11/h3,6,8,11,13H,1-2,4-5,7,9H2,(H,19,22). The van der Waals surface area contributed by atoms with Crippen LogP contribution in [-0.2, 0) is 9.59 Å². The number of carbonyl (C=O) groups is 2. The lowest BCUT2D eigenvalue weighted by Crippen LogP contribution is -2.47. The molecule has 124 valence electrons. The lowest BCUT2D eigenvalue weighted by atomic mass is 10.2. The van der Waals surface area contributed by atoms with E-state index in [1.807, 2.05) is 0 Å². The van der Waals surface area contributed by atoms with Gasteiger partial charge in [-0.05, 0) is 37.8 Å². The summed E-state index contributed by atoms with van der Waals surface area (Å²) in [5.74, 6) is 0.0966. The van der Waals surface area contributed by atoms with E-state index in [4.69, 9.17) is 27.9 Å². The summed E-state index contributed by atoms with van der Waals surface area (Å²) in [5, 5.41) is 3.84. The summed E-state index contributed by atoms with van der Waals surface area (Å²) in [4.78, 5) is 26.2. The Hall–Kier alpha value is -1.46. The van der Waals surface area contributed by atoms with Crippen LogP contribution in [0.4, 0.5) is 0 Å². The van der Waals surface area contributed by atoms with Crippen LogP contribution in [0.15, 0.2) is 18.2 Å². The number of likely N-dealkylation sites (tertiary alicyclic amines) is 1. The molecule has 1 aliphatic carbocycles. The Morgan fingerprint density at radius 3 is 2.78 bits per heavy atom. The third-order valence-corrected chi connectivity index (χ3v) is 4.59. The average Bonchev–Trinajstić information content (AvgIpc) is 3.19. The van der Waals surface area contributed by atoms with E-state index >= 15 is 0 Å². The van der Waals surface area contributed by atoms with E-state index in [1.165, 1.54) is 0 Å². The van der Waals surface area contributed by atoms with Gasteiger partial charge in [0.05, 0.1) is 5.02 Å². The summed E-state index contributed by atoms with van der Waals surface area (Å²) >= 11 is 11.9. The van der Waals surface area contributed by atoms with Crippen LogP contribution >= 0.6 is 23.2 Å². The van der Waals surface area contributed by atoms with E-state index in [9.17, 15) is 9.59 Å². The zero-order valence-electron chi connectivity index (χ0n) is 12.6. The van der Waals surface area contributed by atoms with Crippen molar-refractivity contribution in [2.75, 3.05) is 13.2 Å². The van der Waals surface area contributed by atoms with Crippen molar-refractivity contribution in [3.8, 4) is 5.75 Å². The largest absolute Gasteiger partial charge is 0.482 e. The van der Waals surface area contributed by atoms with Gasteiger partial charge in [-0.2, -0.15) is 0 Å². The van der Waals surface area contributed by atoms with Gasteiger partial charge < -0.3 is 15.0 Å². The zero-order chi connectivity index (χ0) is 16.4. The maximum Gasteiger partial charge on any atom is 0.261 e. The predicted molar refractivity (Wildman–Crippen MR) is 87.9 cm³/mol. The van der Waals surface area contributed by atoms with E-state index < -0.39 is 0 Å². The van der Waals surface area contributed by atoms with Crippen LogP contribution in [-0.4, -0.2) is 41.9 Å². The number of carbonyl (C=O) groups excluding carboxylic acids is 2. The van der Waals surface area contributed by atoms with Crippen LogP contribution in [0, 0.1) is 0 Å². The predicted octanol–water partition coefficient (Wildman–Crippen LogP) is 2.64. The number of halogens is 2. The van der Waals surface area contributed by atoms with Crippen molar-refractivity contribution in [3.05, 3.63) is 28.2 Å². The molecule has 0 aromatic heterocycles. The molecular formula is C16H18Cl2N2O3. The SMILES string of the molecule is O=C(NC1CC1)C1CCCN1C(=O)COc1cc(Cl)ccc1Cl. The molecule has 3 rings (SSSR count). The fourth-order valence-corrected chi connectivity index (χ4v) is 3.01. The third-order valence-electron chi connectivity index (χ3n) is 4.04. The fraction of sp³-hybridized carbons (Fsp3) is 0.500. The minimum Gasteiger partial charge on any atom is -0.482 e. The van der Waals surface area contributed by atoms with Gasteiger partial charge in [-0.3, -0.25) is 9.59 Å². The smallest absolute Gasteiger partial charge is 0.261 e. The first-order valence-corrected chi connectivity index (χ1v) is 8.48. The molecule has 1 heterocycles. The van der Waals surface area contributed by atoms with Gasteiger partial charge in [0.15, 0.2) is 6.61 Å². The molecule has 1 aliphatic heterocycles. The number of amides is 2. The first kappa shape index (κ1) is 16.4. The molecular weight excluding hydrogens is 339 g/mol. The van der Waals surface area contributed by atoms with E-state index in [1.54, 1.807) is 23.1 Å². The van der Waals surface area contributed by atoms with E-state index in [0.29, 0.717) is 34.8 Å². The van der Waals surface area contributed by atoms with Crippen molar-refractivity contribution in [2.24, 2.45) is 0 Å². The summed E-state index contributed by atoms with van der Waals surface area (Å²) in [5.41, 5.74) is 0. The van der Waals surface area contributed by atoms with Crippen molar-refractivity contribution in [1.82, 2.24) is 10.2 Å². The molecule has 2 aliphatic rings. The molecule has 0 bridgehead atoms. The van der Waals surface area contributed by atoms with E-state index in [2.05, 4.69) is 5.32 Å². The number of ether oxygens (including phenoxy) is 1. The molecule has 5 nitrogen and oxygen atoms in total. The van der Waals surface area contributed by atoms with Crippen molar-refractivity contribution < 1.29 is 14.3 Å². The Morgan fingerprint density at radius 2 is 2.04 bits per heavy atom. The third kappa shape index (κ3) is 4.09. The number of hydrogen-bond donors (Lipinski definition) is 1. The van der Waals surface area contributed by atoms with Crippen molar-refractivity contribution in [3.63, 3.8) is 0 Å². The second-order valence-electron chi connectivity index (χ2n) is 5.89. The Morgan fingerprint density at radius 1 is 1.26 bits per heavy atom. The lowest BCUT2D eigenvalue weighted by Gasteiger charge is -2.24. The van der Waals surface area contributed by atoms with Crippen molar-refractivity contribution in [2.45, 2.75) is 37.8 Å². The molecule has 1 saturated carbocycles. The first-order valence-electron chi connectivity index (χ1n) is 7.72. The minimum atomic E-state index is -0.387. The maximum atomic E-state index is 12.4. The summed E-state index contributed by atoms with van der Waals surface area (Å²) in [6.45, 7) is 0.418. The zero-order valence-corrected chi connectivity index (χ0v) is 14.1. The highest BCUT2D eigenvalue weighted by molar-refractivity contribution is 6.34. The second kappa shape index (κ2) is 6.97. The molecule has 7 heteroatoms. The molecule has 0 radical (unpaired) electrons. The molecule has 1 aromatic carbocycles. The summed E-state index contributed by atoms with van der Waals surface area (Å²) < 4.78 is 5.47. The molecule has 1 atom stereocenters. The van der Waals surface area contributed by atoms with E-state index in [0.717, 1.165) is 19.3 Å². The van der Waals surface area contributed by atoms with Crippen molar-refractivity contribution >= 4 is 35.0 Å². The fourth-order valence-electron chi connectivity index (χ4n) is 2.67. The number of nitrogens with zero attached hydrogens (tertiary/aromatic N) is 1. The maximum absolute atomic E-state index is 12.4. The van der Waals surface area contributed by atoms with Gasteiger partial charge >= 0.3 is 0 Å². The topological polar surface area (TPSA) is 58.6 Å². The molecule has 1 unspecified atom stereocenters. The summed E-state index contributed by atoms with van der Waals surface area (Å²) in [6, 6.07) is 4.74. The lowest BCUT2D eigenvalue weighted by molar-refractivity contribution is -0.140.